The lowest BCUT2D eigenvalue weighted by molar-refractivity contribution is -0.121. The molecule has 0 atom stereocenters. The molecule has 0 unspecified atom stereocenters. The third kappa shape index (κ3) is 4.02. The molecule has 1 aliphatic rings. The van der Waals surface area contributed by atoms with Crippen molar-refractivity contribution in [1.29, 1.82) is 0 Å². The van der Waals surface area contributed by atoms with Crippen LogP contribution in [-0.4, -0.2) is 12.0 Å². The molecule has 0 spiro atoms. The van der Waals surface area contributed by atoms with Crippen molar-refractivity contribution < 1.29 is 9.53 Å². The maximum atomic E-state index is 13.4. The first kappa shape index (κ1) is 19.5. The zero-order chi connectivity index (χ0) is 19.6. The van der Waals surface area contributed by atoms with Crippen molar-refractivity contribution in [1.82, 2.24) is 0 Å². The molecule has 1 aliphatic carbocycles. The quantitative estimate of drug-likeness (QED) is 0.722. The van der Waals surface area contributed by atoms with Gasteiger partial charge in [0, 0.05) is 5.69 Å². The highest BCUT2D eigenvalue weighted by molar-refractivity contribution is 5.99. The molecule has 0 saturated heterocycles. The SMILES string of the molecule is Cc1ccc(C2(C(=O)Nc3cc(C)c(OC(C)C)c(C)c3)CCCC2)cc1. The second-order valence-electron chi connectivity index (χ2n) is 8.22. The van der Waals surface area contributed by atoms with Gasteiger partial charge in [-0.2, -0.15) is 0 Å². The summed E-state index contributed by atoms with van der Waals surface area (Å²) in [4.78, 5) is 13.4. The lowest BCUT2D eigenvalue weighted by Gasteiger charge is -2.29. The largest absolute Gasteiger partial charge is 0.490 e. The van der Waals surface area contributed by atoms with Crippen molar-refractivity contribution >= 4 is 11.6 Å². The third-order valence-corrected chi connectivity index (χ3v) is 5.57. The van der Waals surface area contributed by atoms with E-state index < -0.39 is 5.41 Å². The number of hydrogen-bond acceptors (Lipinski definition) is 2. The summed E-state index contributed by atoms with van der Waals surface area (Å²) in [5.74, 6) is 1.03. The zero-order valence-corrected chi connectivity index (χ0v) is 17.2. The van der Waals surface area contributed by atoms with Gasteiger partial charge in [0.1, 0.15) is 5.75 Å². The summed E-state index contributed by atoms with van der Waals surface area (Å²) >= 11 is 0. The Labute approximate surface area is 163 Å². The molecule has 2 aromatic rings. The van der Waals surface area contributed by atoms with Crippen LogP contribution < -0.4 is 10.1 Å². The molecule has 0 bridgehead atoms. The molecule has 3 heteroatoms. The van der Waals surface area contributed by atoms with Crippen LogP contribution in [0.15, 0.2) is 36.4 Å². The topological polar surface area (TPSA) is 38.3 Å². The normalized spacial score (nSPS) is 15.8. The predicted octanol–water partition coefficient (Wildman–Crippen LogP) is 5.85. The Balaban J connectivity index is 1.88. The van der Waals surface area contributed by atoms with Crippen molar-refractivity contribution in [2.24, 2.45) is 0 Å². The first-order valence-corrected chi connectivity index (χ1v) is 9.98. The van der Waals surface area contributed by atoms with Gasteiger partial charge in [0.2, 0.25) is 5.91 Å². The van der Waals surface area contributed by atoms with E-state index in [0.29, 0.717) is 0 Å². The van der Waals surface area contributed by atoms with Crippen LogP contribution in [0.25, 0.3) is 0 Å². The molecule has 3 nitrogen and oxygen atoms in total. The second-order valence-corrected chi connectivity index (χ2v) is 8.22. The average molecular weight is 366 g/mol. The lowest BCUT2D eigenvalue weighted by atomic mass is 9.77. The van der Waals surface area contributed by atoms with Crippen LogP contribution in [0.4, 0.5) is 5.69 Å². The fourth-order valence-corrected chi connectivity index (χ4v) is 4.19. The highest BCUT2D eigenvalue weighted by Crippen LogP contribution is 2.42. The van der Waals surface area contributed by atoms with Crippen molar-refractivity contribution in [2.75, 3.05) is 5.32 Å². The van der Waals surface area contributed by atoms with Crippen LogP contribution in [0, 0.1) is 20.8 Å². The maximum absolute atomic E-state index is 13.4. The molecule has 1 saturated carbocycles. The highest BCUT2D eigenvalue weighted by Gasteiger charge is 2.42. The number of amides is 1. The first-order valence-electron chi connectivity index (χ1n) is 9.98. The number of hydrogen-bond donors (Lipinski definition) is 1. The number of benzene rings is 2. The van der Waals surface area contributed by atoms with E-state index in [1.54, 1.807) is 0 Å². The van der Waals surface area contributed by atoms with Gasteiger partial charge in [-0.05, 0) is 76.3 Å². The summed E-state index contributed by atoms with van der Waals surface area (Å²) in [5, 5.41) is 3.21. The van der Waals surface area contributed by atoms with Gasteiger partial charge in [0.15, 0.2) is 0 Å². The minimum absolute atomic E-state index is 0.111. The van der Waals surface area contributed by atoms with Gasteiger partial charge in [0.05, 0.1) is 11.5 Å². The van der Waals surface area contributed by atoms with E-state index in [-0.39, 0.29) is 12.0 Å². The Morgan fingerprint density at radius 3 is 2.07 bits per heavy atom. The van der Waals surface area contributed by atoms with Crippen LogP contribution >= 0.6 is 0 Å². The van der Waals surface area contributed by atoms with E-state index in [1.807, 2.05) is 39.8 Å². The van der Waals surface area contributed by atoms with Crippen LogP contribution in [-0.2, 0) is 10.2 Å². The molecule has 0 heterocycles. The smallest absolute Gasteiger partial charge is 0.235 e. The number of carbonyl (C=O) groups excluding carboxylic acids is 1. The molecular weight excluding hydrogens is 334 g/mol. The van der Waals surface area contributed by atoms with Gasteiger partial charge in [-0.1, -0.05) is 42.7 Å². The summed E-state index contributed by atoms with van der Waals surface area (Å²) in [6, 6.07) is 12.5. The van der Waals surface area contributed by atoms with Crippen LogP contribution in [0.2, 0.25) is 0 Å². The van der Waals surface area contributed by atoms with Crippen LogP contribution in [0.1, 0.15) is 61.8 Å². The first-order chi connectivity index (χ1) is 12.8. The van der Waals surface area contributed by atoms with Gasteiger partial charge in [0.25, 0.3) is 0 Å². The lowest BCUT2D eigenvalue weighted by Crippen LogP contribution is -2.38. The molecule has 0 aromatic heterocycles. The van der Waals surface area contributed by atoms with E-state index in [2.05, 4.69) is 36.5 Å². The van der Waals surface area contributed by atoms with Gasteiger partial charge in [-0.15, -0.1) is 0 Å². The van der Waals surface area contributed by atoms with Gasteiger partial charge < -0.3 is 10.1 Å². The third-order valence-electron chi connectivity index (χ3n) is 5.57. The molecular formula is C24H31NO2. The van der Waals surface area contributed by atoms with Crippen molar-refractivity contribution in [2.45, 2.75) is 71.8 Å². The summed E-state index contributed by atoms with van der Waals surface area (Å²) in [7, 11) is 0. The van der Waals surface area contributed by atoms with Crippen LogP contribution in [0.3, 0.4) is 0 Å². The minimum Gasteiger partial charge on any atom is -0.490 e. The maximum Gasteiger partial charge on any atom is 0.235 e. The molecule has 1 N–H and O–H groups in total. The van der Waals surface area contributed by atoms with E-state index in [0.717, 1.165) is 53.8 Å². The number of carbonyl (C=O) groups is 1. The monoisotopic (exact) mass is 365 g/mol. The molecule has 3 rings (SSSR count). The van der Waals surface area contributed by atoms with E-state index in [1.165, 1.54) is 5.56 Å². The number of rotatable bonds is 5. The summed E-state index contributed by atoms with van der Waals surface area (Å²) in [6.45, 7) is 10.2. The Morgan fingerprint density at radius 1 is 1.00 bits per heavy atom. The molecule has 1 fully saturated rings. The van der Waals surface area contributed by atoms with Crippen molar-refractivity contribution in [3.8, 4) is 5.75 Å². The fraction of sp³-hybridized carbons (Fsp3) is 0.458. The second kappa shape index (κ2) is 7.75. The standard InChI is InChI=1S/C24H31NO2/c1-16(2)27-22-18(4)14-21(15-19(22)5)25-23(26)24(12-6-7-13-24)20-10-8-17(3)9-11-20/h8-11,14-16H,6-7,12-13H2,1-5H3,(H,25,26). The fourth-order valence-electron chi connectivity index (χ4n) is 4.19. The Kier molecular flexibility index (Phi) is 5.59. The summed E-state index contributed by atoms with van der Waals surface area (Å²) < 4.78 is 5.92. The van der Waals surface area contributed by atoms with Gasteiger partial charge in [-0.25, -0.2) is 0 Å². The molecule has 27 heavy (non-hydrogen) atoms. The molecule has 2 aromatic carbocycles. The van der Waals surface area contributed by atoms with Gasteiger partial charge >= 0.3 is 0 Å². The van der Waals surface area contributed by atoms with E-state index in [9.17, 15) is 4.79 Å². The molecule has 144 valence electrons. The minimum atomic E-state index is -0.414. The number of aryl methyl sites for hydroxylation is 3. The number of anilines is 1. The Morgan fingerprint density at radius 2 is 1.56 bits per heavy atom. The number of nitrogens with one attached hydrogen (secondary N) is 1. The van der Waals surface area contributed by atoms with E-state index >= 15 is 0 Å². The molecule has 0 radical (unpaired) electrons. The average Bonchev–Trinajstić information content (AvgIpc) is 3.10. The summed E-state index contributed by atoms with van der Waals surface area (Å²) in [6.07, 6.45) is 4.15. The zero-order valence-electron chi connectivity index (χ0n) is 17.2. The Bertz CT molecular complexity index is 792. The highest BCUT2D eigenvalue weighted by atomic mass is 16.5. The molecule has 0 aliphatic heterocycles. The number of ether oxygens (including phenoxy) is 1. The van der Waals surface area contributed by atoms with Crippen LogP contribution in [0.5, 0.6) is 5.75 Å². The van der Waals surface area contributed by atoms with E-state index in [4.69, 9.17) is 4.74 Å². The Hall–Kier alpha value is -2.29. The predicted molar refractivity (Wildman–Crippen MR) is 112 cm³/mol. The summed E-state index contributed by atoms with van der Waals surface area (Å²) in [5.41, 5.74) is 4.90. The van der Waals surface area contributed by atoms with Crippen molar-refractivity contribution in [3.05, 3.63) is 58.7 Å². The molecule has 1 amide bonds. The van der Waals surface area contributed by atoms with Gasteiger partial charge in [-0.3, -0.25) is 4.79 Å². The van der Waals surface area contributed by atoms with Crippen molar-refractivity contribution in [3.63, 3.8) is 0 Å².